The Bertz CT molecular complexity index is 152. The van der Waals surface area contributed by atoms with E-state index in [2.05, 4.69) is 0 Å². The average Bonchev–Trinajstić information content (AvgIpc) is 2.65. The van der Waals surface area contributed by atoms with Crippen molar-refractivity contribution in [2.75, 3.05) is 13.2 Å². The lowest BCUT2D eigenvalue weighted by Gasteiger charge is -2.21. The molecule has 2 rings (SSSR count). The van der Waals surface area contributed by atoms with E-state index in [1.165, 1.54) is 12.8 Å². The fourth-order valence-corrected chi connectivity index (χ4v) is 2.08. The monoisotopic (exact) mass is 172 g/mol. The molecule has 0 aromatic rings. The van der Waals surface area contributed by atoms with Gasteiger partial charge in [0.05, 0.1) is 12.7 Å². The molecule has 2 aliphatic rings. The smallest absolute Gasteiger partial charge is 0.168 e. The minimum absolute atomic E-state index is 0.132. The van der Waals surface area contributed by atoms with Gasteiger partial charge in [-0.15, -0.1) is 0 Å². The highest BCUT2D eigenvalue weighted by Crippen LogP contribution is 2.39. The molecule has 0 radical (unpaired) electrons. The minimum Gasteiger partial charge on any atom is -0.396 e. The maximum absolute atomic E-state index is 8.72. The van der Waals surface area contributed by atoms with Crippen LogP contribution in [0.2, 0.25) is 0 Å². The molecule has 0 aromatic carbocycles. The van der Waals surface area contributed by atoms with Crippen molar-refractivity contribution in [2.45, 2.75) is 44.0 Å². The van der Waals surface area contributed by atoms with Crippen LogP contribution >= 0.6 is 0 Å². The molecule has 70 valence electrons. The predicted octanol–water partition coefficient (Wildman–Crippen LogP) is 1.05. The second-order valence-corrected chi connectivity index (χ2v) is 3.68. The van der Waals surface area contributed by atoms with Crippen molar-refractivity contribution in [1.82, 2.24) is 0 Å². The maximum atomic E-state index is 8.72. The largest absolute Gasteiger partial charge is 0.396 e. The second-order valence-electron chi connectivity index (χ2n) is 3.68. The summed E-state index contributed by atoms with van der Waals surface area (Å²) in [5.74, 6) is -0.250. The molecule has 1 atom stereocenters. The number of aliphatic hydroxyl groups is 1. The number of aliphatic hydroxyl groups excluding tert-OH is 1. The molecule has 1 spiro atoms. The van der Waals surface area contributed by atoms with Gasteiger partial charge in [0.2, 0.25) is 0 Å². The zero-order chi connectivity index (χ0) is 8.44. The summed E-state index contributed by atoms with van der Waals surface area (Å²) in [6.07, 6.45) is 5.34. The van der Waals surface area contributed by atoms with Crippen molar-refractivity contribution in [1.29, 1.82) is 0 Å². The van der Waals surface area contributed by atoms with E-state index in [1.807, 2.05) is 0 Å². The van der Waals surface area contributed by atoms with Gasteiger partial charge in [0.25, 0.3) is 0 Å². The summed E-state index contributed by atoms with van der Waals surface area (Å²) in [5.41, 5.74) is 0. The van der Waals surface area contributed by atoms with Crippen LogP contribution in [-0.2, 0) is 9.47 Å². The Morgan fingerprint density at radius 3 is 2.75 bits per heavy atom. The molecule has 0 aromatic heterocycles. The highest BCUT2D eigenvalue weighted by molar-refractivity contribution is 4.83. The van der Waals surface area contributed by atoms with E-state index in [-0.39, 0.29) is 18.5 Å². The van der Waals surface area contributed by atoms with Crippen molar-refractivity contribution in [2.24, 2.45) is 0 Å². The Hall–Kier alpha value is -0.120. The minimum atomic E-state index is -0.250. The molecule has 3 nitrogen and oxygen atoms in total. The molecule has 0 unspecified atom stereocenters. The van der Waals surface area contributed by atoms with E-state index in [0.29, 0.717) is 13.0 Å². The van der Waals surface area contributed by atoms with E-state index >= 15 is 0 Å². The van der Waals surface area contributed by atoms with E-state index in [1.54, 1.807) is 0 Å². The molecule has 0 amide bonds. The van der Waals surface area contributed by atoms with Crippen molar-refractivity contribution in [3.63, 3.8) is 0 Å². The van der Waals surface area contributed by atoms with Crippen LogP contribution in [0.3, 0.4) is 0 Å². The molecular weight excluding hydrogens is 156 g/mol. The molecule has 1 saturated carbocycles. The summed E-state index contributed by atoms with van der Waals surface area (Å²) >= 11 is 0. The second kappa shape index (κ2) is 3.32. The van der Waals surface area contributed by atoms with E-state index in [4.69, 9.17) is 14.6 Å². The van der Waals surface area contributed by atoms with Crippen LogP contribution in [0.5, 0.6) is 0 Å². The predicted molar refractivity (Wildman–Crippen MR) is 43.7 cm³/mol. The van der Waals surface area contributed by atoms with Crippen LogP contribution in [0.1, 0.15) is 32.1 Å². The van der Waals surface area contributed by atoms with Gasteiger partial charge in [0.1, 0.15) is 0 Å². The molecule has 12 heavy (non-hydrogen) atoms. The average molecular weight is 172 g/mol. The molecule has 1 aliphatic heterocycles. The van der Waals surface area contributed by atoms with Gasteiger partial charge >= 0.3 is 0 Å². The maximum Gasteiger partial charge on any atom is 0.168 e. The van der Waals surface area contributed by atoms with Gasteiger partial charge in [-0.05, 0) is 19.3 Å². The Kier molecular flexibility index (Phi) is 2.35. The third-order valence-electron chi connectivity index (χ3n) is 2.73. The summed E-state index contributed by atoms with van der Waals surface area (Å²) in [6, 6.07) is 0. The van der Waals surface area contributed by atoms with Crippen molar-refractivity contribution >= 4 is 0 Å². The lowest BCUT2D eigenvalue weighted by Crippen LogP contribution is -2.26. The molecule has 1 aliphatic carbocycles. The van der Waals surface area contributed by atoms with Gasteiger partial charge in [-0.2, -0.15) is 0 Å². The molecular formula is C9H16O3. The number of ether oxygens (including phenoxy) is 2. The first kappa shape index (κ1) is 8.48. The molecule has 2 fully saturated rings. The van der Waals surface area contributed by atoms with Crippen LogP contribution in [-0.4, -0.2) is 30.2 Å². The van der Waals surface area contributed by atoms with Gasteiger partial charge in [0.15, 0.2) is 5.79 Å². The highest BCUT2D eigenvalue weighted by Gasteiger charge is 2.43. The zero-order valence-corrected chi connectivity index (χ0v) is 7.29. The normalized spacial score (nSPS) is 33.2. The highest BCUT2D eigenvalue weighted by atomic mass is 16.7. The van der Waals surface area contributed by atoms with Gasteiger partial charge in [-0.25, -0.2) is 0 Å². The summed E-state index contributed by atoms with van der Waals surface area (Å²) in [7, 11) is 0. The van der Waals surface area contributed by atoms with Crippen LogP contribution < -0.4 is 0 Å². The molecule has 1 N–H and O–H groups in total. The number of hydrogen-bond acceptors (Lipinski definition) is 3. The van der Waals surface area contributed by atoms with Gasteiger partial charge in [-0.1, -0.05) is 0 Å². The van der Waals surface area contributed by atoms with Crippen molar-refractivity contribution < 1.29 is 14.6 Å². The Balaban J connectivity index is 1.88. The summed E-state index contributed by atoms with van der Waals surface area (Å²) in [5, 5.41) is 8.72. The van der Waals surface area contributed by atoms with Crippen LogP contribution in [0.4, 0.5) is 0 Å². The van der Waals surface area contributed by atoms with Crippen LogP contribution in [0.25, 0.3) is 0 Å². The van der Waals surface area contributed by atoms with E-state index < -0.39 is 0 Å². The van der Waals surface area contributed by atoms with Gasteiger partial charge in [-0.3, -0.25) is 0 Å². The lowest BCUT2D eigenvalue weighted by atomic mass is 10.2. The quantitative estimate of drug-likeness (QED) is 0.676. The fraction of sp³-hybridized carbons (Fsp3) is 1.00. The summed E-state index contributed by atoms with van der Waals surface area (Å²) < 4.78 is 11.4. The molecule has 0 bridgehead atoms. The number of hydrogen-bond donors (Lipinski definition) is 1. The first-order valence-electron chi connectivity index (χ1n) is 4.77. The van der Waals surface area contributed by atoms with Crippen molar-refractivity contribution in [3.05, 3.63) is 0 Å². The fourth-order valence-electron chi connectivity index (χ4n) is 2.08. The third-order valence-corrected chi connectivity index (χ3v) is 2.73. The van der Waals surface area contributed by atoms with Gasteiger partial charge in [0, 0.05) is 19.4 Å². The van der Waals surface area contributed by atoms with Crippen molar-refractivity contribution in [3.8, 4) is 0 Å². The molecule has 3 heteroatoms. The van der Waals surface area contributed by atoms with E-state index in [9.17, 15) is 0 Å². The topological polar surface area (TPSA) is 38.7 Å². The lowest BCUT2D eigenvalue weighted by molar-refractivity contribution is -0.162. The summed E-state index contributed by atoms with van der Waals surface area (Å²) in [4.78, 5) is 0. The van der Waals surface area contributed by atoms with Crippen LogP contribution in [0.15, 0.2) is 0 Å². The number of rotatable bonds is 2. The molecule has 1 heterocycles. The SMILES string of the molecule is OCC[C@@H]1COC2(CCCC2)O1. The Labute approximate surface area is 72.7 Å². The molecule has 1 saturated heterocycles. The standard InChI is InChI=1S/C9H16O3/c10-6-3-8-7-11-9(12-8)4-1-2-5-9/h8,10H,1-7H2/t8-/m1/s1. The zero-order valence-electron chi connectivity index (χ0n) is 7.29. The summed E-state index contributed by atoms with van der Waals surface area (Å²) in [6.45, 7) is 0.866. The van der Waals surface area contributed by atoms with Crippen LogP contribution in [0, 0.1) is 0 Å². The Morgan fingerprint density at radius 1 is 1.33 bits per heavy atom. The third kappa shape index (κ3) is 1.49. The first-order valence-corrected chi connectivity index (χ1v) is 4.77. The first-order chi connectivity index (χ1) is 5.85. The van der Waals surface area contributed by atoms with E-state index in [0.717, 1.165) is 12.8 Å². The Morgan fingerprint density at radius 2 is 2.08 bits per heavy atom. The van der Waals surface area contributed by atoms with Gasteiger partial charge < -0.3 is 14.6 Å².